The fourth-order valence-corrected chi connectivity index (χ4v) is 10.5. The van der Waals surface area contributed by atoms with Gasteiger partial charge in [0.2, 0.25) is 0 Å². The lowest BCUT2D eigenvalue weighted by Crippen LogP contribution is -2.19. The lowest BCUT2D eigenvalue weighted by molar-refractivity contribution is -0.150. The van der Waals surface area contributed by atoms with Gasteiger partial charge in [-0.15, -0.1) is 0 Å². The number of unbranched alkanes of at least 4 members (excludes halogenated alkanes) is 3. The molecule has 0 aromatic heterocycles. The molecule has 21 heteroatoms. The average molecular weight is 1210 g/mol. The molecule has 9 nitrogen and oxygen atoms in total. The van der Waals surface area contributed by atoms with Crippen LogP contribution in [0.25, 0.3) is 0 Å². The second kappa shape index (κ2) is 34.8. The van der Waals surface area contributed by atoms with Crippen LogP contribution in [0.5, 0.6) is 0 Å². The van der Waals surface area contributed by atoms with E-state index in [2.05, 4.69) is 0 Å². The minimum atomic E-state index is -4.37. The third-order valence-corrected chi connectivity index (χ3v) is 14.9. The maximum Gasteiger partial charge on any atom is 0.389 e. The summed E-state index contributed by atoms with van der Waals surface area (Å²) < 4.78 is 134. The summed E-state index contributed by atoms with van der Waals surface area (Å²) in [6.07, 6.45) is 4.93. The maximum atomic E-state index is 13.2. The Morgan fingerprint density at radius 1 is 0.383 bits per heavy atom. The zero-order valence-electron chi connectivity index (χ0n) is 45.2. The Morgan fingerprint density at radius 3 is 0.889 bits per heavy atom. The van der Waals surface area contributed by atoms with Gasteiger partial charge < -0.3 is 14.2 Å². The van der Waals surface area contributed by atoms with Crippen molar-refractivity contribution in [2.24, 2.45) is 17.8 Å². The molecule has 81 heavy (non-hydrogen) atoms. The molecule has 0 radical (unpaired) electrons. The first-order valence-electron chi connectivity index (χ1n) is 27.9. The first-order valence-corrected chi connectivity index (χ1v) is 29.0. The Morgan fingerprint density at radius 2 is 0.642 bits per heavy atom. The fraction of sp³-hybridized carbons (Fsp3) is 0.600. The summed E-state index contributed by atoms with van der Waals surface area (Å²) in [5.41, 5.74) is 0.991. The second-order valence-corrected chi connectivity index (χ2v) is 22.0. The van der Waals surface area contributed by atoms with Gasteiger partial charge in [0.15, 0.2) is 17.3 Å². The number of Topliss-reactive ketones (excluding diaryl/α,β-unsaturated/α-hetero) is 3. The Bertz CT molecular complexity index is 2170. The summed E-state index contributed by atoms with van der Waals surface area (Å²) in [5.74, 6) is -4.48. The largest absolute Gasteiger partial charge is 0.462 e. The number of carbonyl (C=O) groups is 6. The number of fused-ring (bicyclic) bond motifs is 3. The molecule has 4 aliphatic rings. The molecule has 6 atom stereocenters. The fourth-order valence-electron chi connectivity index (χ4n) is 9.71. The number of carbonyl (C=O) groups excluding carboxylic acids is 6. The lowest BCUT2D eigenvalue weighted by Gasteiger charge is -2.18. The third kappa shape index (κ3) is 27.5. The van der Waals surface area contributed by atoms with E-state index in [0.29, 0.717) is 74.5 Å². The highest BCUT2D eigenvalue weighted by molar-refractivity contribution is 6.47. The van der Waals surface area contributed by atoms with Gasteiger partial charge in [0.1, 0.15) is 18.3 Å². The van der Waals surface area contributed by atoms with Gasteiger partial charge in [-0.25, -0.2) is 0 Å². The van der Waals surface area contributed by atoms with E-state index >= 15 is 0 Å². The van der Waals surface area contributed by atoms with Crippen molar-refractivity contribution in [2.75, 3.05) is 0 Å². The topological polar surface area (TPSA) is 130 Å². The molecule has 0 spiro atoms. The molecule has 3 aliphatic carbocycles. The predicted octanol–water partition coefficient (Wildman–Crippen LogP) is 17.4. The number of hydrogen-bond donors (Lipinski definition) is 0. The normalized spacial score (nSPS) is 28.0. The van der Waals surface area contributed by atoms with Crippen LogP contribution in [0.2, 0.25) is 0 Å². The van der Waals surface area contributed by atoms with Gasteiger partial charge in [-0.2, -0.15) is 39.5 Å². The SMILES string of the molecule is O=C1CCC/C=C\C[C@H]2C=C(Cl)C(=O)/C2=C/C[C@H](CCCCC(F)(F)F)OC(=O)CCC/C=C\C[C@H]2C=C(Cl)C(=O)/C2=C/C[C@H](CCCCC(F)(F)F)OC(=O)CCC/C=C\C[C@H]2C=C(Cl)C(=O)/C2=C/C[C@H](CCCCC(F)(F)F)O1. The van der Waals surface area contributed by atoms with Crippen LogP contribution in [0, 0.1) is 17.8 Å². The standard InChI is InChI=1S/C60H72Cl3F9O9/c61-49-37-40-19-7-1-4-10-25-52(73)79-43(22-13-16-34-58(64,65)66)29-32-47-41(38-50(62)56(47)77)20-8-3-6-12-27-54(75)81-45(24-15-18-36-60(70,71)72)30-33-48-42(39-51(63)57(48)78)21-9-2-5-11-26-53(74)80-44(28-31-46(40)55(49)76)23-14-17-35-59(67,68)69/h1-3,7-9,31-33,37-45H,4-6,10-30,34-36H2/b7-1-,8-3-,9-2-,46-31+,47-32+,48-33+/t40-,41-,42-,43-,44-,45-/m0/s1. The summed E-state index contributed by atoms with van der Waals surface area (Å²) in [6.45, 7) is 0. The Balaban J connectivity index is 1.54. The summed E-state index contributed by atoms with van der Waals surface area (Å²) in [6, 6.07) is 0. The molecular weight excluding hydrogens is 1140 g/mol. The molecule has 0 aromatic carbocycles. The monoisotopic (exact) mass is 1210 g/mol. The van der Waals surface area contributed by atoms with Crippen molar-refractivity contribution in [3.05, 3.63) is 105 Å². The number of rotatable bonds is 12. The number of alkyl halides is 9. The molecule has 0 fully saturated rings. The molecule has 0 saturated heterocycles. The van der Waals surface area contributed by atoms with E-state index in [1.165, 1.54) is 0 Å². The van der Waals surface area contributed by atoms with E-state index in [1.54, 1.807) is 36.5 Å². The minimum Gasteiger partial charge on any atom is -0.462 e. The third-order valence-electron chi connectivity index (χ3n) is 14.0. The smallest absolute Gasteiger partial charge is 0.389 e. The predicted molar refractivity (Wildman–Crippen MR) is 291 cm³/mol. The van der Waals surface area contributed by atoms with Gasteiger partial charge in [-0.3, -0.25) is 28.8 Å². The molecule has 0 unspecified atom stereocenters. The van der Waals surface area contributed by atoms with E-state index in [9.17, 15) is 68.3 Å². The van der Waals surface area contributed by atoms with Crippen LogP contribution >= 0.6 is 34.8 Å². The number of allylic oxidation sites excluding steroid dienone is 15. The number of hydrogen-bond acceptors (Lipinski definition) is 9. The van der Waals surface area contributed by atoms with Crippen molar-refractivity contribution in [3.63, 3.8) is 0 Å². The minimum absolute atomic E-state index is 0.0178. The van der Waals surface area contributed by atoms with Crippen LogP contribution in [0.15, 0.2) is 105 Å². The quantitative estimate of drug-likeness (QED) is 0.0616. The van der Waals surface area contributed by atoms with E-state index < -0.39 is 109 Å². The lowest BCUT2D eigenvalue weighted by atomic mass is 9.95. The van der Waals surface area contributed by atoms with Crippen LogP contribution in [0.3, 0.4) is 0 Å². The van der Waals surface area contributed by atoms with Gasteiger partial charge in [-0.05, 0) is 116 Å². The van der Waals surface area contributed by atoms with Gasteiger partial charge in [0, 0.05) is 92.3 Å². The zero-order chi connectivity index (χ0) is 59.6. The highest BCUT2D eigenvalue weighted by Crippen LogP contribution is 2.36. The van der Waals surface area contributed by atoms with Crippen LogP contribution in [-0.2, 0) is 43.0 Å². The van der Waals surface area contributed by atoms with E-state index in [4.69, 9.17) is 49.0 Å². The highest BCUT2D eigenvalue weighted by atomic mass is 35.5. The number of ketones is 3. The van der Waals surface area contributed by atoms with Gasteiger partial charge >= 0.3 is 36.4 Å². The molecule has 1 heterocycles. The Hall–Kier alpha value is -4.68. The second-order valence-electron chi connectivity index (χ2n) is 20.8. The molecule has 0 N–H and O–H groups in total. The highest BCUT2D eigenvalue weighted by Gasteiger charge is 2.33. The van der Waals surface area contributed by atoms with Crippen molar-refractivity contribution in [2.45, 2.75) is 210 Å². The molecule has 0 amide bonds. The Kier molecular flexibility index (Phi) is 29.6. The Labute approximate surface area is 483 Å². The molecule has 0 aromatic rings. The summed E-state index contributed by atoms with van der Waals surface area (Å²) in [5, 5.41) is -0.0533. The molecule has 0 saturated carbocycles. The average Bonchev–Trinajstić information content (AvgIpc) is 3.94. The number of halogens is 12. The van der Waals surface area contributed by atoms with E-state index in [-0.39, 0.29) is 111 Å². The first-order chi connectivity index (χ1) is 38.3. The summed E-state index contributed by atoms with van der Waals surface area (Å²) in [7, 11) is 0. The molecule has 1 aliphatic heterocycles. The number of cyclic esters (lactones) is 3. The van der Waals surface area contributed by atoms with Gasteiger partial charge in [0.05, 0.1) is 15.1 Å². The van der Waals surface area contributed by atoms with Crippen molar-refractivity contribution < 1.29 is 82.5 Å². The van der Waals surface area contributed by atoms with Crippen molar-refractivity contribution >= 4 is 70.1 Å². The van der Waals surface area contributed by atoms with Gasteiger partial charge in [-0.1, -0.05) is 108 Å². The van der Waals surface area contributed by atoms with E-state index in [0.717, 1.165) is 0 Å². The zero-order valence-corrected chi connectivity index (χ0v) is 47.5. The summed E-state index contributed by atoms with van der Waals surface area (Å²) in [4.78, 5) is 78.8. The van der Waals surface area contributed by atoms with Crippen LogP contribution < -0.4 is 0 Å². The molecular formula is C60H72Cl3F9O9. The molecule has 4 rings (SSSR count). The first kappa shape index (κ1) is 68.8. The molecule has 0 bridgehead atoms. The number of ether oxygens (including phenoxy) is 3. The van der Waals surface area contributed by atoms with Crippen molar-refractivity contribution in [3.8, 4) is 0 Å². The summed E-state index contributed by atoms with van der Waals surface area (Å²) >= 11 is 18.8. The van der Waals surface area contributed by atoms with Crippen molar-refractivity contribution in [1.82, 2.24) is 0 Å². The van der Waals surface area contributed by atoms with E-state index in [1.807, 2.05) is 36.5 Å². The maximum absolute atomic E-state index is 13.2. The van der Waals surface area contributed by atoms with Crippen LogP contribution in [0.1, 0.15) is 173 Å². The number of esters is 3. The van der Waals surface area contributed by atoms with Crippen LogP contribution in [0.4, 0.5) is 39.5 Å². The molecule has 450 valence electrons. The van der Waals surface area contributed by atoms with Crippen LogP contribution in [-0.4, -0.2) is 72.1 Å². The van der Waals surface area contributed by atoms with Gasteiger partial charge in [0.25, 0.3) is 0 Å². The van der Waals surface area contributed by atoms with Crippen molar-refractivity contribution in [1.29, 1.82) is 0 Å².